The number of fused-ring (bicyclic) bond motifs is 1. The highest BCUT2D eigenvalue weighted by molar-refractivity contribution is 7.92. The Kier molecular flexibility index (Phi) is 5.49. The highest BCUT2D eigenvalue weighted by Gasteiger charge is 2.29. The van der Waals surface area contributed by atoms with E-state index in [1.165, 1.54) is 19.2 Å². The maximum Gasteiger partial charge on any atom is 0.261 e. The molecule has 0 spiro atoms. The Balaban J connectivity index is 1.37. The van der Waals surface area contributed by atoms with Crippen molar-refractivity contribution >= 4 is 38.4 Å². The van der Waals surface area contributed by atoms with Gasteiger partial charge in [-0.1, -0.05) is 6.07 Å². The van der Waals surface area contributed by atoms with Gasteiger partial charge in [0.2, 0.25) is 0 Å². The van der Waals surface area contributed by atoms with Gasteiger partial charge in [0.25, 0.3) is 15.9 Å². The maximum atomic E-state index is 13.0. The third-order valence-electron chi connectivity index (χ3n) is 5.69. The normalized spacial score (nSPS) is 13.6. The summed E-state index contributed by atoms with van der Waals surface area (Å²) in [5.41, 5.74) is 3.21. The van der Waals surface area contributed by atoms with Gasteiger partial charge in [0.15, 0.2) is 11.5 Å². The third-order valence-corrected chi connectivity index (χ3v) is 7.07. The number of sulfonamides is 1. The van der Waals surface area contributed by atoms with Crippen LogP contribution in [0, 0.1) is 6.92 Å². The number of rotatable bonds is 7. The lowest BCUT2D eigenvalue weighted by Gasteiger charge is -2.12. The molecule has 1 heterocycles. The summed E-state index contributed by atoms with van der Waals surface area (Å²) < 4.78 is 39.2. The van der Waals surface area contributed by atoms with Gasteiger partial charge in [-0.25, -0.2) is 13.4 Å². The van der Waals surface area contributed by atoms with Crippen molar-refractivity contribution in [1.29, 1.82) is 0 Å². The molecule has 4 aromatic rings. The SMILES string of the molecule is COc1ccc(NS(=O)(=O)c2ccc(C)c(C(=O)Nc3ccc4oc(C5CC5)nc4c3)c2)cc1. The molecule has 34 heavy (non-hydrogen) atoms. The summed E-state index contributed by atoms with van der Waals surface area (Å²) in [5.74, 6) is 1.33. The van der Waals surface area contributed by atoms with Crippen LogP contribution in [0.15, 0.2) is 70.0 Å². The van der Waals surface area contributed by atoms with E-state index in [1.807, 2.05) is 0 Å². The molecule has 0 aliphatic heterocycles. The van der Waals surface area contributed by atoms with Crippen LogP contribution in [-0.2, 0) is 10.0 Å². The van der Waals surface area contributed by atoms with E-state index in [0.29, 0.717) is 39.7 Å². The number of benzene rings is 3. The predicted molar refractivity (Wildman–Crippen MR) is 129 cm³/mol. The third kappa shape index (κ3) is 4.47. The Hall–Kier alpha value is -3.85. The zero-order chi connectivity index (χ0) is 23.9. The van der Waals surface area contributed by atoms with Crippen LogP contribution in [-0.4, -0.2) is 26.4 Å². The van der Waals surface area contributed by atoms with E-state index in [1.54, 1.807) is 55.5 Å². The average Bonchev–Trinajstić information content (AvgIpc) is 3.58. The van der Waals surface area contributed by atoms with Crippen LogP contribution in [0.1, 0.15) is 40.6 Å². The van der Waals surface area contributed by atoms with E-state index in [4.69, 9.17) is 9.15 Å². The molecule has 0 bridgehead atoms. The summed E-state index contributed by atoms with van der Waals surface area (Å²) in [6.45, 7) is 1.75. The highest BCUT2D eigenvalue weighted by Crippen LogP contribution is 2.40. The number of hydrogen-bond donors (Lipinski definition) is 2. The average molecular weight is 478 g/mol. The molecular weight excluding hydrogens is 454 g/mol. The Morgan fingerprint density at radius 2 is 1.76 bits per heavy atom. The zero-order valence-corrected chi connectivity index (χ0v) is 19.5. The monoisotopic (exact) mass is 477 g/mol. The van der Waals surface area contributed by atoms with Crippen molar-refractivity contribution < 1.29 is 22.4 Å². The first-order valence-corrected chi connectivity index (χ1v) is 12.3. The van der Waals surface area contributed by atoms with Gasteiger partial charge in [0.05, 0.1) is 12.0 Å². The summed E-state index contributed by atoms with van der Waals surface area (Å²) in [5, 5.41) is 2.84. The van der Waals surface area contributed by atoms with Crippen molar-refractivity contribution in [1.82, 2.24) is 4.98 Å². The minimum Gasteiger partial charge on any atom is -0.497 e. The van der Waals surface area contributed by atoms with Crippen LogP contribution < -0.4 is 14.8 Å². The smallest absolute Gasteiger partial charge is 0.261 e. The first-order chi connectivity index (χ1) is 16.3. The molecule has 0 radical (unpaired) electrons. The number of ether oxygens (including phenoxy) is 1. The molecule has 2 N–H and O–H groups in total. The Labute approximate surface area is 197 Å². The summed E-state index contributed by atoms with van der Waals surface area (Å²) >= 11 is 0. The fraction of sp³-hybridized carbons (Fsp3) is 0.200. The van der Waals surface area contributed by atoms with Gasteiger partial charge in [0.1, 0.15) is 11.3 Å². The van der Waals surface area contributed by atoms with Crippen LogP contribution in [0.4, 0.5) is 11.4 Å². The summed E-state index contributed by atoms with van der Waals surface area (Å²) in [7, 11) is -2.37. The minimum absolute atomic E-state index is 0.0138. The lowest BCUT2D eigenvalue weighted by Crippen LogP contribution is -2.17. The van der Waals surface area contributed by atoms with Gasteiger partial charge in [-0.05, 0) is 79.9 Å². The van der Waals surface area contributed by atoms with Crippen molar-refractivity contribution in [2.45, 2.75) is 30.6 Å². The van der Waals surface area contributed by atoms with Crippen molar-refractivity contribution in [3.8, 4) is 5.75 Å². The second-order valence-corrected chi connectivity index (χ2v) is 9.96. The molecule has 0 unspecified atom stereocenters. The van der Waals surface area contributed by atoms with Gasteiger partial charge in [-0.15, -0.1) is 0 Å². The standard InChI is InChI=1S/C25H23N3O5S/c1-15-3-11-20(34(30,31)28-17-6-9-19(32-2)10-7-17)14-21(15)24(29)26-18-8-12-23-22(13-18)27-25(33-23)16-4-5-16/h3,6-14,16,28H,4-5H2,1-2H3,(H,26,29). The maximum absolute atomic E-state index is 13.0. The van der Waals surface area contributed by atoms with Crippen molar-refractivity contribution in [2.75, 3.05) is 17.1 Å². The van der Waals surface area contributed by atoms with Gasteiger partial charge >= 0.3 is 0 Å². The van der Waals surface area contributed by atoms with Crippen LogP contribution >= 0.6 is 0 Å². The van der Waals surface area contributed by atoms with E-state index in [-0.39, 0.29) is 10.5 Å². The molecule has 174 valence electrons. The molecule has 1 aliphatic rings. The number of hydrogen-bond acceptors (Lipinski definition) is 6. The van der Waals surface area contributed by atoms with E-state index in [9.17, 15) is 13.2 Å². The fourth-order valence-corrected chi connectivity index (χ4v) is 4.70. The number of carbonyl (C=O) groups excluding carboxylic acids is 1. The number of amides is 1. The van der Waals surface area contributed by atoms with Crippen LogP contribution in [0.25, 0.3) is 11.1 Å². The molecule has 5 rings (SSSR count). The van der Waals surface area contributed by atoms with Gasteiger partial charge in [0, 0.05) is 22.9 Å². The number of anilines is 2. The van der Waals surface area contributed by atoms with E-state index in [0.717, 1.165) is 18.7 Å². The molecule has 1 saturated carbocycles. The summed E-state index contributed by atoms with van der Waals surface area (Å²) in [6.07, 6.45) is 2.17. The first kappa shape index (κ1) is 22.0. The number of aromatic nitrogens is 1. The van der Waals surface area contributed by atoms with Crippen LogP contribution in [0.5, 0.6) is 5.75 Å². The molecule has 3 aromatic carbocycles. The Morgan fingerprint density at radius 3 is 2.47 bits per heavy atom. The molecule has 1 aromatic heterocycles. The second-order valence-electron chi connectivity index (χ2n) is 8.27. The molecule has 8 nitrogen and oxygen atoms in total. The quantitative estimate of drug-likeness (QED) is 0.384. The number of methoxy groups -OCH3 is 1. The van der Waals surface area contributed by atoms with E-state index >= 15 is 0 Å². The fourth-order valence-electron chi connectivity index (χ4n) is 3.61. The highest BCUT2D eigenvalue weighted by atomic mass is 32.2. The minimum atomic E-state index is -3.90. The zero-order valence-electron chi connectivity index (χ0n) is 18.7. The topological polar surface area (TPSA) is 111 Å². The number of nitrogens with zero attached hydrogens (tertiary/aromatic N) is 1. The first-order valence-electron chi connectivity index (χ1n) is 10.8. The number of carbonyl (C=O) groups is 1. The van der Waals surface area contributed by atoms with E-state index < -0.39 is 15.9 Å². The van der Waals surface area contributed by atoms with Crippen LogP contribution in [0.3, 0.4) is 0 Å². The Bertz CT molecular complexity index is 1490. The molecule has 0 atom stereocenters. The van der Waals surface area contributed by atoms with Crippen molar-refractivity contribution in [3.05, 3.63) is 77.7 Å². The Morgan fingerprint density at radius 1 is 1.03 bits per heavy atom. The number of oxazole rings is 1. The van der Waals surface area contributed by atoms with Gasteiger partial charge < -0.3 is 14.5 Å². The molecular formula is C25H23N3O5S. The molecule has 1 amide bonds. The lowest BCUT2D eigenvalue weighted by atomic mass is 10.1. The second kappa shape index (κ2) is 8.49. The largest absolute Gasteiger partial charge is 0.497 e. The summed E-state index contributed by atoms with van der Waals surface area (Å²) in [6, 6.07) is 16.2. The molecule has 1 fully saturated rings. The molecule has 1 aliphatic carbocycles. The van der Waals surface area contributed by atoms with Gasteiger partial charge in [-0.3, -0.25) is 9.52 Å². The lowest BCUT2D eigenvalue weighted by molar-refractivity contribution is 0.102. The molecule has 0 saturated heterocycles. The van der Waals surface area contributed by atoms with E-state index in [2.05, 4.69) is 15.0 Å². The van der Waals surface area contributed by atoms with Crippen molar-refractivity contribution in [3.63, 3.8) is 0 Å². The predicted octanol–water partition coefficient (Wildman–Crippen LogP) is 5.08. The van der Waals surface area contributed by atoms with Crippen LogP contribution in [0.2, 0.25) is 0 Å². The van der Waals surface area contributed by atoms with Gasteiger partial charge in [-0.2, -0.15) is 0 Å². The number of aryl methyl sites for hydroxylation is 1. The van der Waals surface area contributed by atoms with Crippen molar-refractivity contribution in [2.24, 2.45) is 0 Å². The summed E-state index contributed by atoms with van der Waals surface area (Å²) in [4.78, 5) is 17.5. The number of nitrogens with one attached hydrogen (secondary N) is 2. The molecule has 9 heteroatoms.